The van der Waals surface area contributed by atoms with Crippen LogP contribution >= 0.6 is 23.7 Å². The molecule has 0 aliphatic carbocycles. The Balaban J connectivity index is 0.00000361. The summed E-state index contributed by atoms with van der Waals surface area (Å²) in [5.74, 6) is -0.171. The van der Waals surface area contributed by atoms with Gasteiger partial charge in [-0.3, -0.25) is 9.69 Å². The Morgan fingerprint density at radius 3 is 2.28 bits per heavy atom. The summed E-state index contributed by atoms with van der Waals surface area (Å²) in [6, 6.07) is 10.6. The van der Waals surface area contributed by atoms with Crippen LogP contribution in [0.3, 0.4) is 0 Å². The largest absolute Gasteiger partial charge is 0.302 e. The monoisotopic (exact) mass is 550 g/mol. The Kier molecular flexibility index (Phi) is 9.51. The van der Waals surface area contributed by atoms with Crippen molar-refractivity contribution in [3.05, 3.63) is 53.1 Å². The minimum absolute atomic E-state index is 0. The summed E-state index contributed by atoms with van der Waals surface area (Å²) in [5, 5.41) is 0.666. The molecule has 196 valence electrons. The molecule has 2 heterocycles. The van der Waals surface area contributed by atoms with E-state index in [0.29, 0.717) is 30.3 Å². The van der Waals surface area contributed by atoms with E-state index in [0.717, 1.165) is 48.3 Å². The van der Waals surface area contributed by atoms with Gasteiger partial charge in [-0.15, -0.1) is 12.4 Å². The van der Waals surface area contributed by atoms with Gasteiger partial charge < -0.3 is 4.90 Å². The Morgan fingerprint density at radius 2 is 1.67 bits per heavy atom. The zero-order valence-corrected chi connectivity index (χ0v) is 23.8. The molecule has 36 heavy (non-hydrogen) atoms. The van der Waals surface area contributed by atoms with Gasteiger partial charge >= 0.3 is 0 Å². The van der Waals surface area contributed by atoms with Crippen LogP contribution in [0, 0.1) is 13.8 Å². The number of amides is 1. The first-order chi connectivity index (χ1) is 16.7. The molecule has 0 unspecified atom stereocenters. The number of aromatic nitrogens is 1. The van der Waals surface area contributed by atoms with Crippen molar-refractivity contribution in [2.45, 2.75) is 45.4 Å². The number of carbonyl (C=O) groups is 1. The fourth-order valence-corrected chi connectivity index (χ4v) is 7.23. The maximum atomic E-state index is 13.7. The maximum Gasteiger partial charge on any atom is 0.260 e. The number of hydrogen-bond acceptors (Lipinski definition) is 6. The molecule has 0 bridgehead atoms. The molecular formula is C26H35ClN4O3S2. The quantitative estimate of drug-likeness (QED) is 0.370. The second-order valence-electron chi connectivity index (χ2n) is 9.04. The standard InChI is InChI=1S/C26H34N4O3S2.ClH/c1-5-28(6-2)15-16-30(26-27-24-20(4)17-19(3)18-23(24)34-26)25(31)21-9-11-22(12-10-21)35(32,33)29-13-7-8-14-29;/h9-12,17-18H,5-8,13-16H2,1-4H3;1H. The third-order valence-electron chi connectivity index (χ3n) is 6.63. The zero-order valence-electron chi connectivity index (χ0n) is 21.4. The molecule has 2 aromatic carbocycles. The Hall–Kier alpha value is -2.04. The number of nitrogens with zero attached hydrogens (tertiary/aromatic N) is 4. The van der Waals surface area contributed by atoms with E-state index in [1.54, 1.807) is 29.2 Å². The second-order valence-corrected chi connectivity index (χ2v) is 12.0. The zero-order chi connectivity index (χ0) is 25.2. The first-order valence-electron chi connectivity index (χ1n) is 12.3. The Labute approximate surface area is 224 Å². The van der Waals surface area contributed by atoms with E-state index in [4.69, 9.17) is 4.98 Å². The van der Waals surface area contributed by atoms with E-state index in [-0.39, 0.29) is 23.2 Å². The molecule has 3 aromatic rings. The summed E-state index contributed by atoms with van der Waals surface area (Å²) < 4.78 is 28.4. The summed E-state index contributed by atoms with van der Waals surface area (Å²) >= 11 is 1.52. The van der Waals surface area contributed by atoms with Gasteiger partial charge in [0.25, 0.3) is 5.91 Å². The molecule has 10 heteroatoms. The van der Waals surface area contributed by atoms with Crippen molar-refractivity contribution in [3.63, 3.8) is 0 Å². The van der Waals surface area contributed by atoms with Crippen molar-refractivity contribution in [2.75, 3.05) is 44.2 Å². The van der Waals surface area contributed by atoms with Crippen LogP contribution < -0.4 is 4.90 Å². The lowest BCUT2D eigenvalue weighted by atomic mass is 10.1. The summed E-state index contributed by atoms with van der Waals surface area (Å²) in [6.45, 7) is 12.5. The van der Waals surface area contributed by atoms with Crippen molar-refractivity contribution in [1.82, 2.24) is 14.2 Å². The fourth-order valence-electron chi connectivity index (χ4n) is 4.54. The number of carbonyl (C=O) groups excluding carboxylic acids is 1. The number of anilines is 1. The summed E-state index contributed by atoms with van der Waals surface area (Å²) in [6.07, 6.45) is 1.77. The van der Waals surface area contributed by atoms with Gasteiger partial charge in [0.1, 0.15) is 0 Å². The van der Waals surface area contributed by atoms with Crippen molar-refractivity contribution < 1.29 is 13.2 Å². The maximum absolute atomic E-state index is 13.7. The van der Waals surface area contributed by atoms with Crippen LogP contribution in [-0.4, -0.2) is 67.8 Å². The molecule has 4 rings (SSSR count). The average Bonchev–Trinajstić information content (AvgIpc) is 3.53. The van der Waals surface area contributed by atoms with Crippen LogP contribution in [0.4, 0.5) is 5.13 Å². The average molecular weight is 551 g/mol. The van der Waals surface area contributed by atoms with Crippen molar-refractivity contribution >= 4 is 55.0 Å². The molecule has 1 fully saturated rings. The molecule has 1 aliphatic rings. The molecule has 7 nitrogen and oxygen atoms in total. The predicted molar refractivity (Wildman–Crippen MR) is 150 cm³/mol. The molecule has 1 aromatic heterocycles. The van der Waals surface area contributed by atoms with E-state index in [2.05, 4.69) is 37.8 Å². The predicted octanol–water partition coefficient (Wildman–Crippen LogP) is 5.11. The van der Waals surface area contributed by atoms with Crippen LogP contribution in [0.2, 0.25) is 0 Å². The number of hydrogen-bond donors (Lipinski definition) is 0. The van der Waals surface area contributed by atoms with Crippen LogP contribution in [0.1, 0.15) is 48.2 Å². The normalized spacial score (nSPS) is 14.4. The van der Waals surface area contributed by atoms with Crippen LogP contribution in [0.5, 0.6) is 0 Å². The third-order valence-corrected chi connectivity index (χ3v) is 9.57. The van der Waals surface area contributed by atoms with Gasteiger partial charge in [-0.2, -0.15) is 4.31 Å². The molecule has 0 radical (unpaired) electrons. The third kappa shape index (κ3) is 5.92. The Morgan fingerprint density at radius 1 is 1.03 bits per heavy atom. The van der Waals surface area contributed by atoms with Gasteiger partial charge in [0.05, 0.1) is 15.1 Å². The molecule has 1 aliphatic heterocycles. The molecule has 0 N–H and O–H groups in total. The first kappa shape index (κ1) is 28.5. The highest BCUT2D eigenvalue weighted by atomic mass is 35.5. The van der Waals surface area contributed by atoms with Crippen LogP contribution in [0.25, 0.3) is 10.2 Å². The van der Waals surface area contributed by atoms with E-state index in [1.165, 1.54) is 21.2 Å². The van der Waals surface area contributed by atoms with Gasteiger partial charge in [0, 0.05) is 31.7 Å². The van der Waals surface area contributed by atoms with Gasteiger partial charge in [0.15, 0.2) is 5.13 Å². The van der Waals surface area contributed by atoms with Crippen molar-refractivity contribution in [1.29, 1.82) is 0 Å². The van der Waals surface area contributed by atoms with Crippen molar-refractivity contribution in [3.8, 4) is 0 Å². The van der Waals surface area contributed by atoms with E-state index >= 15 is 0 Å². The number of sulfonamides is 1. The summed E-state index contributed by atoms with van der Waals surface area (Å²) in [7, 11) is -3.52. The number of thiazole rings is 1. The topological polar surface area (TPSA) is 73.8 Å². The number of benzene rings is 2. The molecule has 0 saturated carbocycles. The number of rotatable bonds is 9. The lowest BCUT2D eigenvalue weighted by Crippen LogP contribution is -2.38. The van der Waals surface area contributed by atoms with E-state index in [1.807, 2.05) is 6.92 Å². The smallest absolute Gasteiger partial charge is 0.260 e. The molecule has 0 atom stereocenters. The van der Waals surface area contributed by atoms with Crippen molar-refractivity contribution in [2.24, 2.45) is 0 Å². The molecular weight excluding hydrogens is 516 g/mol. The summed E-state index contributed by atoms with van der Waals surface area (Å²) in [5.41, 5.74) is 3.64. The van der Waals surface area contributed by atoms with E-state index in [9.17, 15) is 13.2 Å². The number of halogens is 1. The highest BCUT2D eigenvalue weighted by Gasteiger charge is 2.28. The van der Waals surface area contributed by atoms with Crippen LogP contribution in [-0.2, 0) is 10.0 Å². The number of aryl methyl sites for hydroxylation is 2. The minimum Gasteiger partial charge on any atom is -0.302 e. The highest BCUT2D eigenvalue weighted by molar-refractivity contribution is 7.89. The van der Waals surface area contributed by atoms with Gasteiger partial charge in [0.2, 0.25) is 10.0 Å². The van der Waals surface area contributed by atoms with Gasteiger partial charge in [-0.05, 0) is 81.2 Å². The fraction of sp³-hybridized carbons (Fsp3) is 0.462. The Bertz CT molecular complexity index is 1300. The van der Waals surface area contributed by atoms with Crippen LogP contribution in [0.15, 0.2) is 41.3 Å². The highest BCUT2D eigenvalue weighted by Crippen LogP contribution is 2.32. The van der Waals surface area contributed by atoms with Gasteiger partial charge in [-0.1, -0.05) is 31.3 Å². The number of fused-ring (bicyclic) bond motifs is 1. The first-order valence-corrected chi connectivity index (χ1v) is 14.5. The van der Waals surface area contributed by atoms with Gasteiger partial charge in [-0.25, -0.2) is 13.4 Å². The second kappa shape index (κ2) is 12.0. The SMILES string of the molecule is CCN(CC)CCN(C(=O)c1ccc(S(=O)(=O)N2CCCC2)cc1)c1nc2c(C)cc(C)cc2s1.Cl. The lowest BCUT2D eigenvalue weighted by Gasteiger charge is -2.25. The lowest BCUT2D eigenvalue weighted by molar-refractivity contribution is 0.0983. The molecule has 1 amide bonds. The minimum atomic E-state index is -3.52. The molecule has 0 spiro atoms. The molecule has 1 saturated heterocycles. The van der Waals surface area contributed by atoms with E-state index < -0.39 is 10.0 Å². The summed E-state index contributed by atoms with van der Waals surface area (Å²) in [4.78, 5) is 22.8. The number of likely N-dealkylation sites (N-methyl/N-ethyl adjacent to an activating group) is 1.